The van der Waals surface area contributed by atoms with E-state index in [0.717, 1.165) is 79.4 Å². The van der Waals surface area contributed by atoms with Gasteiger partial charge in [0.1, 0.15) is 41.2 Å². The highest BCUT2D eigenvalue weighted by molar-refractivity contribution is 5.91. The lowest BCUT2D eigenvalue weighted by molar-refractivity contribution is 0.0106. The zero-order chi connectivity index (χ0) is 30.0. The normalized spacial score (nSPS) is 20.4. The van der Waals surface area contributed by atoms with Gasteiger partial charge < -0.3 is 29.8 Å². The Labute approximate surface area is 251 Å². The van der Waals surface area contributed by atoms with Crippen LogP contribution in [0.3, 0.4) is 0 Å². The Morgan fingerprint density at radius 3 is 1.93 bits per heavy atom. The van der Waals surface area contributed by atoms with Gasteiger partial charge in [0.2, 0.25) is 0 Å². The first-order valence-corrected chi connectivity index (χ1v) is 15.4. The van der Waals surface area contributed by atoms with Crippen molar-refractivity contribution in [3.8, 4) is 0 Å². The zero-order valence-corrected chi connectivity index (χ0v) is 25.8. The largest absolute Gasteiger partial charge is 0.444 e. The summed E-state index contributed by atoms with van der Waals surface area (Å²) in [7, 11) is 0. The number of nitrogens with one attached hydrogen (secondary N) is 3. The number of anilines is 2. The number of carbonyl (C=O) groups excluding carboxylic acids is 1. The van der Waals surface area contributed by atoms with Crippen LogP contribution in [0.1, 0.15) is 57.6 Å². The smallest absolute Gasteiger partial charge is 0.410 e. The van der Waals surface area contributed by atoms with Crippen molar-refractivity contribution in [2.24, 2.45) is 0 Å². The van der Waals surface area contributed by atoms with E-state index >= 15 is 0 Å². The number of ether oxygens (including phenoxy) is 1. The van der Waals surface area contributed by atoms with Gasteiger partial charge in [0.25, 0.3) is 0 Å². The number of hydrogen-bond donors (Lipinski definition) is 3. The molecule has 0 aromatic carbocycles. The van der Waals surface area contributed by atoms with E-state index in [-0.39, 0.29) is 11.6 Å². The van der Waals surface area contributed by atoms with E-state index < -0.39 is 5.60 Å². The molecule has 12 heteroatoms. The van der Waals surface area contributed by atoms with Gasteiger partial charge in [0.15, 0.2) is 0 Å². The molecule has 3 N–H and O–H groups in total. The Morgan fingerprint density at radius 2 is 1.40 bits per heavy atom. The van der Waals surface area contributed by atoms with E-state index in [2.05, 4.69) is 58.9 Å². The van der Waals surface area contributed by atoms with Crippen molar-refractivity contribution in [2.45, 2.75) is 77.0 Å². The van der Waals surface area contributed by atoms with Crippen molar-refractivity contribution in [2.75, 3.05) is 49.1 Å². The number of rotatable bonds is 2. The third kappa shape index (κ3) is 5.26. The van der Waals surface area contributed by atoms with E-state index in [0.29, 0.717) is 12.1 Å². The van der Waals surface area contributed by atoms with Crippen LogP contribution in [0.5, 0.6) is 0 Å². The predicted molar refractivity (Wildman–Crippen MR) is 167 cm³/mol. The molecule has 6 heterocycles. The number of aromatic nitrogens is 6. The molecule has 4 aliphatic rings. The molecular weight excluding hydrogens is 544 g/mol. The Kier molecular flexibility index (Phi) is 6.53. The molecule has 12 nitrogen and oxygen atoms in total. The lowest BCUT2D eigenvalue weighted by atomic mass is 10.1. The van der Waals surface area contributed by atoms with E-state index in [1.165, 1.54) is 23.8 Å². The lowest BCUT2D eigenvalue weighted by Crippen LogP contribution is -2.58. The van der Waals surface area contributed by atoms with Crippen molar-refractivity contribution in [1.82, 2.24) is 40.1 Å². The highest BCUT2D eigenvalue weighted by Gasteiger charge is 2.54. The van der Waals surface area contributed by atoms with E-state index in [1.807, 2.05) is 38.1 Å². The van der Waals surface area contributed by atoms with Gasteiger partial charge in [0.05, 0.1) is 16.3 Å². The number of fused-ring (bicyclic) bond motifs is 2. The second-order valence-electron chi connectivity index (χ2n) is 13.7. The monoisotopic (exact) mass is 586 g/mol. The van der Waals surface area contributed by atoms with Crippen LogP contribution in [0, 0.1) is 13.8 Å². The van der Waals surface area contributed by atoms with Crippen molar-refractivity contribution in [1.29, 1.82) is 0 Å². The van der Waals surface area contributed by atoms with Crippen LogP contribution in [-0.4, -0.2) is 96.8 Å². The number of nitrogens with zero attached hydrogens (tertiary/aromatic N) is 7. The van der Waals surface area contributed by atoms with Crippen LogP contribution in [0.25, 0.3) is 22.1 Å². The second-order valence-corrected chi connectivity index (χ2v) is 13.7. The SMILES string of the molecule is Cc1c[nH]c2ncnc(N3CCN(C(=O)OC(C)(C)C)C4(CC4)C3)c12.Cc1c[nH]c2ncnc(N3CCNC4(CC4)C3)c12. The molecule has 0 radical (unpaired) electrons. The minimum Gasteiger partial charge on any atom is -0.444 e. The fraction of sp³-hybridized carbons (Fsp3) is 0.581. The highest BCUT2D eigenvalue weighted by atomic mass is 16.6. The summed E-state index contributed by atoms with van der Waals surface area (Å²) < 4.78 is 5.61. The van der Waals surface area contributed by atoms with Crippen LogP contribution in [-0.2, 0) is 4.74 Å². The predicted octanol–water partition coefficient (Wildman–Crippen LogP) is 4.06. The Balaban J connectivity index is 0.000000147. The molecular formula is C31H42N10O2. The van der Waals surface area contributed by atoms with E-state index in [1.54, 1.807) is 12.7 Å². The lowest BCUT2D eigenvalue weighted by Gasteiger charge is -2.43. The van der Waals surface area contributed by atoms with Gasteiger partial charge in [-0.05, 0) is 71.4 Å². The first-order chi connectivity index (χ1) is 20.6. The average molecular weight is 587 g/mol. The molecule has 2 aliphatic carbocycles. The summed E-state index contributed by atoms with van der Waals surface area (Å²) in [5.74, 6) is 2.05. The molecule has 2 saturated heterocycles. The van der Waals surface area contributed by atoms with Crippen LogP contribution < -0.4 is 15.1 Å². The third-order valence-corrected chi connectivity index (χ3v) is 9.21. The molecule has 228 valence electrons. The molecule has 0 unspecified atom stereocenters. The summed E-state index contributed by atoms with van der Waals surface area (Å²) in [6.45, 7) is 15.3. The summed E-state index contributed by atoms with van der Waals surface area (Å²) in [5.41, 5.74) is 3.98. The number of aromatic amines is 2. The molecule has 2 saturated carbocycles. The van der Waals surface area contributed by atoms with Gasteiger partial charge >= 0.3 is 6.09 Å². The van der Waals surface area contributed by atoms with Crippen LogP contribution in [0.2, 0.25) is 0 Å². The van der Waals surface area contributed by atoms with Gasteiger partial charge in [-0.25, -0.2) is 24.7 Å². The summed E-state index contributed by atoms with van der Waals surface area (Å²) in [4.78, 5) is 43.3. The number of carbonyl (C=O) groups is 1. The number of H-pyrrole nitrogens is 2. The van der Waals surface area contributed by atoms with Gasteiger partial charge in [-0.2, -0.15) is 0 Å². The van der Waals surface area contributed by atoms with Gasteiger partial charge in [-0.15, -0.1) is 0 Å². The van der Waals surface area contributed by atoms with Crippen LogP contribution in [0.4, 0.5) is 16.4 Å². The van der Waals surface area contributed by atoms with Crippen molar-refractivity contribution >= 4 is 39.8 Å². The second kappa shape index (κ2) is 10.1. The fourth-order valence-electron chi connectivity index (χ4n) is 6.63. The summed E-state index contributed by atoms with van der Waals surface area (Å²) >= 11 is 0. The molecule has 0 atom stereocenters. The molecule has 4 aromatic rings. The third-order valence-electron chi connectivity index (χ3n) is 9.21. The maximum absolute atomic E-state index is 12.6. The number of amides is 1. The molecule has 43 heavy (non-hydrogen) atoms. The molecule has 2 spiro atoms. The van der Waals surface area contributed by atoms with Gasteiger partial charge in [0, 0.05) is 57.2 Å². The Hall–Kier alpha value is -3.93. The topological polar surface area (TPSA) is 131 Å². The number of piperazine rings is 2. The fourth-order valence-corrected chi connectivity index (χ4v) is 6.63. The van der Waals surface area contributed by atoms with Gasteiger partial charge in [-0.3, -0.25) is 4.90 Å². The van der Waals surface area contributed by atoms with Gasteiger partial charge in [-0.1, -0.05) is 0 Å². The molecule has 1 amide bonds. The van der Waals surface area contributed by atoms with E-state index in [4.69, 9.17) is 4.74 Å². The first-order valence-electron chi connectivity index (χ1n) is 15.4. The van der Waals surface area contributed by atoms with Crippen molar-refractivity contribution in [3.05, 3.63) is 36.2 Å². The summed E-state index contributed by atoms with van der Waals surface area (Å²) in [6.07, 6.45) is 11.7. The average Bonchev–Trinajstić information content (AvgIpc) is 3.84. The van der Waals surface area contributed by atoms with Crippen LogP contribution >= 0.6 is 0 Å². The Bertz CT molecular complexity index is 1660. The molecule has 4 fully saturated rings. The summed E-state index contributed by atoms with van der Waals surface area (Å²) in [5, 5.41) is 5.88. The van der Waals surface area contributed by atoms with Crippen molar-refractivity contribution in [3.63, 3.8) is 0 Å². The first kappa shape index (κ1) is 27.9. The Morgan fingerprint density at radius 1 is 0.814 bits per heavy atom. The zero-order valence-electron chi connectivity index (χ0n) is 25.8. The van der Waals surface area contributed by atoms with Crippen LogP contribution in [0.15, 0.2) is 25.0 Å². The minimum atomic E-state index is -0.467. The molecule has 0 bridgehead atoms. The maximum Gasteiger partial charge on any atom is 0.410 e. The molecule has 2 aliphatic heterocycles. The molecule has 8 rings (SSSR count). The van der Waals surface area contributed by atoms with E-state index in [9.17, 15) is 4.79 Å². The van der Waals surface area contributed by atoms with Crippen molar-refractivity contribution < 1.29 is 9.53 Å². The minimum absolute atomic E-state index is 0.109. The maximum atomic E-state index is 12.6. The molecule has 4 aromatic heterocycles. The number of aryl methyl sites for hydroxylation is 2. The summed E-state index contributed by atoms with van der Waals surface area (Å²) in [6, 6.07) is 0. The standard InChI is InChI=1S/C18H25N5O2.C13H17N5/c1-12-9-19-14-13(12)15(21-11-20-14)22-7-8-23(18(10-22)5-6-18)16(24)25-17(2,3)4;1-9-6-14-11-10(9)12(16-8-15-11)18-5-4-17-13(7-18)2-3-13/h9,11H,5-8,10H2,1-4H3,(H,19,20,21);6,8,17H,2-5,7H2,1H3,(H,14,15,16). The highest BCUT2D eigenvalue weighted by Crippen LogP contribution is 2.46. The number of hydrogen-bond acceptors (Lipinski definition) is 9. The quantitative estimate of drug-likeness (QED) is 0.318.